The molecule has 1 amide bonds. The van der Waals surface area contributed by atoms with Crippen molar-refractivity contribution in [1.29, 1.82) is 0 Å². The lowest BCUT2D eigenvalue weighted by molar-refractivity contribution is 0.0181. The molecule has 1 aromatic carbocycles. The molecule has 0 bridgehead atoms. The second kappa shape index (κ2) is 8.79. The predicted molar refractivity (Wildman–Crippen MR) is 91.2 cm³/mol. The van der Waals surface area contributed by atoms with Gasteiger partial charge in [0.05, 0.1) is 0 Å². The molecule has 0 aliphatic carbocycles. The number of carboxylic acids is 1. The molecule has 9 heteroatoms. The third kappa shape index (κ3) is 5.16. The number of nitrogens with zero attached hydrogens (tertiary/aromatic N) is 1. The van der Waals surface area contributed by atoms with E-state index in [1.165, 1.54) is 0 Å². The molecule has 0 radical (unpaired) electrons. The first kappa shape index (κ1) is 19.2. The number of benzene rings is 1. The molecule has 138 valence electrons. The molecule has 1 aromatic heterocycles. The van der Waals surface area contributed by atoms with Gasteiger partial charge in [0.15, 0.2) is 0 Å². The van der Waals surface area contributed by atoms with Gasteiger partial charge < -0.3 is 31.1 Å². The molecule has 2 aromatic rings. The molecule has 1 heterocycles. The Labute approximate surface area is 149 Å². The van der Waals surface area contributed by atoms with Gasteiger partial charge in [-0.2, -0.15) is 0 Å². The molecule has 0 saturated heterocycles. The van der Waals surface area contributed by atoms with E-state index < -0.39 is 24.3 Å². The first-order valence-electron chi connectivity index (χ1n) is 7.68. The molecule has 2 atom stereocenters. The maximum atomic E-state index is 11.6. The van der Waals surface area contributed by atoms with E-state index in [1.807, 2.05) is 18.2 Å². The summed E-state index contributed by atoms with van der Waals surface area (Å²) < 4.78 is 4.98. The minimum absolute atomic E-state index is 0.0588. The number of carbonyl (C=O) groups is 2. The lowest BCUT2D eigenvalue weighted by Gasteiger charge is -2.19. The number of aromatic nitrogens is 1. The number of pyridine rings is 1. The van der Waals surface area contributed by atoms with E-state index >= 15 is 0 Å². The SMILES string of the molecule is Nc1ncc(C(O)C(O)CNC(=O)OCc2ccccc2)cc1C(=O)O. The first-order valence-corrected chi connectivity index (χ1v) is 7.68. The number of anilines is 1. The molecule has 0 spiro atoms. The van der Waals surface area contributed by atoms with Crippen LogP contribution in [0.4, 0.5) is 10.6 Å². The highest BCUT2D eigenvalue weighted by Crippen LogP contribution is 2.20. The van der Waals surface area contributed by atoms with Crippen LogP contribution < -0.4 is 11.1 Å². The monoisotopic (exact) mass is 361 g/mol. The number of aromatic carboxylic acids is 1. The topological polar surface area (TPSA) is 155 Å². The fourth-order valence-corrected chi connectivity index (χ4v) is 2.12. The van der Waals surface area contributed by atoms with Crippen molar-refractivity contribution in [2.75, 3.05) is 12.3 Å². The van der Waals surface area contributed by atoms with Crippen LogP contribution in [-0.4, -0.2) is 45.0 Å². The Hall–Kier alpha value is -3.17. The maximum absolute atomic E-state index is 11.6. The van der Waals surface area contributed by atoms with Gasteiger partial charge in [0.25, 0.3) is 0 Å². The summed E-state index contributed by atoms with van der Waals surface area (Å²) in [6.45, 7) is -0.239. The minimum Gasteiger partial charge on any atom is -0.478 e. The second-order valence-electron chi connectivity index (χ2n) is 5.46. The van der Waals surface area contributed by atoms with E-state index in [2.05, 4.69) is 10.3 Å². The minimum atomic E-state index is -1.46. The normalized spacial score (nSPS) is 12.8. The summed E-state index contributed by atoms with van der Waals surface area (Å²) in [5, 5.41) is 31.4. The van der Waals surface area contributed by atoms with Crippen molar-refractivity contribution in [2.24, 2.45) is 0 Å². The van der Waals surface area contributed by atoms with Crippen LogP contribution in [-0.2, 0) is 11.3 Å². The van der Waals surface area contributed by atoms with Gasteiger partial charge in [-0.05, 0) is 11.6 Å². The van der Waals surface area contributed by atoms with Crippen LogP contribution in [0.3, 0.4) is 0 Å². The van der Waals surface area contributed by atoms with Crippen LogP contribution in [0.5, 0.6) is 0 Å². The quantitative estimate of drug-likeness (QED) is 0.482. The molecule has 9 nitrogen and oxygen atoms in total. The number of ether oxygens (including phenoxy) is 1. The van der Waals surface area contributed by atoms with Crippen molar-refractivity contribution >= 4 is 17.9 Å². The maximum Gasteiger partial charge on any atom is 0.407 e. The highest BCUT2D eigenvalue weighted by molar-refractivity contribution is 5.92. The zero-order chi connectivity index (χ0) is 19.1. The third-order valence-electron chi connectivity index (χ3n) is 3.54. The van der Waals surface area contributed by atoms with Gasteiger partial charge in [0.2, 0.25) is 0 Å². The van der Waals surface area contributed by atoms with Crippen LogP contribution in [0.25, 0.3) is 0 Å². The number of nitrogen functional groups attached to an aromatic ring is 1. The molecule has 0 fully saturated rings. The summed E-state index contributed by atoms with van der Waals surface area (Å²) in [4.78, 5) is 26.3. The van der Waals surface area contributed by atoms with Crippen LogP contribution >= 0.6 is 0 Å². The molecule has 0 aliphatic heterocycles. The number of alkyl carbamates (subject to hydrolysis) is 1. The highest BCUT2D eigenvalue weighted by Gasteiger charge is 2.22. The molecule has 2 rings (SSSR count). The Balaban J connectivity index is 1.86. The number of aliphatic hydroxyl groups is 2. The summed E-state index contributed by atoms with van der Waals surface area (Å²) in [5.41, 5.74) is 6.01. The lowest BCUT2D eigenvalue weighted by Crippen LogP contribution is -2.35. The number of aliphatic hydroxyl groups excluding tert-OH is 2. The van der Waals surface area contributed by atoms with Crippen molar-refractivity contribution in [1.82, 2.24) is 10.3 Å². The summed E-state index contributed by atoms with van der Waals surface area (Å²) in [6, 6.07) is 10.2. The van der Waals surface area contributed by atoms with Gasteiger partial charge in [0, 0.05) is 18.3 Å². The van der Waals surface area contributed by atoms with Crippen molar-refractivity contribution in [2.45, 2.75) is 18.8 Å². The number of hydrogen-bond acceptors (Lipinski definition) is 7. The molecule has 0 saturated carbocycles. The summed E-state index contributed by atoms with van der Waals surface area (Å²) in [7, 11) is 0. The average molecular weight is 361 g/mol. The van der Waals surface area contributed by atoms with Gasteiger partial charge in [-0.1, -0.05) is 30.3 Å². The van der Waals surface area contributed by atoms with Crippen molar-refractivity contribution < 1.29 is 29.6 Å². The molecular weight excluding hydrogens is 342 g/mol. The number of amides is 1. The van der Waals surface area contributed by atoms with Gasteiger partial charge in [-0.3, -0.25) is 0 Å². The largest absolute Gasteiger partial charge is 0.478 e. The number of carboxylic acid groups (broad SMARTS) is 1. The molecule has 2 unspecified atom stereocenters. The third-order valence-corrected chi connectivity index (χ3v) is 3.54. The average Bonchev–Trinajstić information content (AvgIpc) is 2.64. The zero-order valence-corrected chi connectivity index (χ0v) is 13.7. The van der Waals surface area contributed by atoms with Gasteiger partial charge in [0.1, 0.15) is 30.2 Å². The molecule has 0 aliphatic rings. The van der Waals surface area contributed by atoms with E-state index in [4.69, 9.17) is 15.6 Å². The van der Waals surface area contributed by atoms with E-state index in [9.17, 15) is 19.8 Å². The first-order chi connectivity index (χ1) is 12.4. The number of rotatable bonds is 7. The Morgan fingerprint density at radius 2 is 1.92 bits per heavy atom. The Morgan fingerprint density at radius 1 is 1.23 bits per heavy atom. The predicted octanol–water partition coefficient (Wildman–Crippen LogP) is 0.683. The highest BCUT2D eigenvalue weighted by atomic mass is 16.5. The number of hydrogen-bond donors (Lipinski definition) is 5. The Kier molecular flexibility index (Phi) is 6.48. The van der Waals surface area contributed by atoms with Gasteiger partial charge in [-0.15, -0.1) is 0 Å². The van der Waals surface area contributed by atoms with E-state index in [1.54, 1.807) is 12.1 Å². The Morgan fingerprint density at radius 3 is 2.58 bits per heavy atom. The zero-order valence-electron chi connectivity index (χ0n) is 13.7. The summed E-state index contributed by atoms with van der Waals surface area (Å²) in [6.07, 6.45) is -2.47. The van der Waals surface area contributed by atoms with E-state index in [-0.39, 0.29) is 30.1 Å². The molecule has 6 N–H and O–H groups in total. The van der Waals surface area contributed by atoms with Crippen LogP contribution in [0.2, 0.25) is 0 Å². The number of nitrogens with two attached hydrogens (primary N) is 1. The van der Waals surface area contributed by atoms with Crippen molar-refractivity contribution in [3.05, 3.63) is 59.3 Å². The smallest absolute Gasteiger partial charge is 0.407 e. The van der Waals surface area contributed by atoms with Crippen LogP contribution in [0.15, 0.2) is 42.6 Å². The number of nitrogens with one attached hydrogen (secondary N) is 1. The summed E-state index contributed by atoms with van der Waals surface area (Å²) in [5.74, 6) is -1.51. The second-order valence-corrected chi connectivity index (χ2v) is 5.46. The molecule has 26 heavy (non-hydrogen) atoms. The van der Waals surface area contributed by atoms with Gasteiger partial charge in [-0.25, -0.2) is 14.6 Å². The van der Waals surface area contributed by atoms with Crippen molar-refractivity contribution in [3.8, 4) is 0 Å². The number of carbonyl (C=O) groups excluding carboxylic acids is 1. The fourth-order valence-electron chi connectivity index (χ4n) is 2.12. The van der Waals surface area contributed by atoms with Crippen LogP contribution in [0, 0.1) is 0 Å². The van der Waals surface area contributed by atoms with E-state index in [0.717, 1.165) is 17.8 Å². The lowest BCUT2D eigenvalue weighted by atomic mass is 10.0. The Bertz CT molecular complexity index is 768. The standard InChI is InChI=1S/C17H19N3O6/c18-15-12(16(23)24)6-11(7-19-15)14(22)13(21)8-20-17(25)26-9-10-4-2-1-3-5-10/h1-7,13-14,21-22H,8-9H2,(H2,18,19)(H,20,25)(H,23,24). The summed E-state index contributed by atoms with van der Waals surface area (Å²) >= 11 is 0. The van der Waals surface area contributed by atoms with Crippen molar-refractivity contribution in [3.63, 3.8) is 0 Å². The van der Waals surface area contributed by atoms with Gasteiger partial charge >= 0.3 is 12.1 Å². The van der Waals surface area contributed by atoms with E-state index in [0.29, 0.717) is 0 Å². The van der Waals surface area contributed by atoms with Crippen LogP contribution in [0.1, 0.15) is 27.6 Å². The molecular formula is C17H19N3O6. The fraction of sp³-hybridized carbons (Fsp3) is 0.235.